The third-order valence-corrected chi connectivity index (χ3v) is 5.34. The number of aromatic amines is 1. The molecule has 4 aromatic rings. The van der Waals surface area contributed by atoms with Crippen LogP contribution in [-0.4, -0.2) is 40.6 Å². The number of aliphatic imine (C=N–C) groups is 1. The molecule has 0 spiro atoms. The Hall–Kier alpha value is -4.67. The van der Waals surface area contributed by atoms with Gasteiger partial charge in [-0.2, -0.15) is 0 Å². The van der Waals surface area contributed by atoms with Gasteiger partial charge in [-0.1, -0.05) is 0 Å². The molecule has 0 radical (unpaired) electrons. The van der Waals surface area contributed by atoms with Crippen LogP contribution in [0.5, 0.6) is 0 Å². The van der Waals surface area contributed by atoms with Crippen LogP contribution < -0.4 is 5.32 Å². The Morgan fingerprint density at radius 3 is 2.58 bits per heavy atom. The number of nitrogens with zero attached hydrogens (tertiary/aromatic N) is 2. The topological polar surface area (TPSA) is 111 Å². The molecule has 182 valence electrons. The van der Waals surface area contributed by atoms with Crippen LogP contribution in [-0.2, 0) is 0 Å². The number of hydrogen-bond donors (Lipinski definition) is 3. The van der Waals surface area contributed by atoms with Crippen LogP contribution >= 0.6 is 0 Å². The highest BCUT2D eigenvalue weighted by molar-refractivity contribution is 6.18. The van der Waals surface area contributed by atoms with Crippen molar-refractivity contribution in [3.8, 4) is 0 Å². The first-order chi connectivity index (χ1) is 17.2. The van der Waals surface area contributed by atoms with Crippen LogP contribution in [0.2, 0.25) is 0 Å². The Morgan fingerprint density at radius 1 is 1.08 bits per heavy atom. The average molecular weight is 495 g/mol. The van der Waals surface area contributed by atoms with Gasteiger partial charge < -0.3 is 20.7 Å². The molecule has 0 unspecified atom stereocenters. The van der Waals surface area contributed by atoms with E-state index in [4.69, 9.17) is 5.41 Å². The fourth-order valence-corrected chi connectivity index (χ4v) is 3.51. The molecule has 0 aliphatic heterocycles. The minimum atomic E-state index is -1.39. The van der Waals surface area contributed by atoms with Crippen LogP contribution in [0.25, 0.3) is 11.0 Å². The first-order valence-electron chi connectivity index (χ1n) is 10.5. The van der Waals surface area contributed by atoms with Gasteiger partial charge in [-0.25, -0.2) is 22.5 Å². The van der Waals surface area contributed by atoms with Crippen LogP contribution in [0, 0.1) is 28.7 Å². The van der Waals surface area contributed by atoms with Gasteiger partial charge in [0.1, 0.15) is 23.1 Å². The summed E-state index contributed by atoms with van der Waals surface area (Å²) in [5, 5.41) is 10.4. The van der Waals surface area contributed by atoms with Crippen molar-refractivity contribution < 1.29 is 27.2 Å². The number of pyridine rings is 1. The number of hydrogen-bond acceptors (Lipinski definition) is 5. The number of H-pyrrole nitrogens is 1. The van der Waals surface area contributed by atoms with Crippen molar-refractivity contribution in [2.75, 3.05) is 12.4 Å². The van der Waals surface area contributed by atoms with E-state index in [1.807, 2.05) is 5.32 Å². The van der Waals surface area contributed by atoms with Crippen LogP contribution in [0.1, 0.15) is 38.3 Å². The fourth-order valence-electron chi connectivity index (χ4n) is 3.51. The summed E-state index contributed by atoms with van der Waals surface area (Å²) in [6, 6.07) is 5.29. The third kappa shape index (κ3) is 4.63. The van der Waals surface area contributed by atoms with E-state index in [0.29, 0.717) is 11.6 Å². The summed E-state index contributed by atoms with van der Waals surface area (Å²) >= 11 is 0. The molecule has 3 N–H and O–H groups in total. The van der Waals surface area contributed by atoms with E-state index in [9.17, 15) is 22.8 Å². The van der Waals surface area contributed by atoms with Crippen LogP contribution in [0.15, 0.2) is 53.8 Å². The van der Waals surface area contributed by atoms with Gasteiger partial charge in [0.2, 0.25) is 5.78 Å². The highest BCUT2D eigenvalue weighted by Gasteiger charge is 2.26. The average Bonchev–Trinajstić information content (AvgIpc) is 3.29. The molecule has 0 atom stereocenters. The molecule has 0 bridgehead atoms. The number of ketones is 1. The second kappa shape index (κ2) is 9.90. The summed E-state index contributed by atoms with van der Waals surface area (Å²) in [4.78, 5) is 36.3. The highest BCUT2D eigenvalue weighted by Crippen LogP contribution is 2.28. The normalized spacial score (nSPS) is 11.2. The number of fused-ring (bicyclic) bond motifs is 1. The Bertz CT molecular complexity index is 1560. The number of nitrogens with one attached hydrogen (secondary N) is 3. The van der Waals surface area contributed by atoms with Gasteiger partial charge in [-0.15, -0.1) is 0 Å². The fraction of sp³-hybridized carbons (Fsp3) is 0.0800. The Kier molecular flexibility index (Phi) is 6.73. The van der Waals surface area contributed by atoms with Gasteiger partial charge in [-0.3, -0.25) is 9.59 Å². The second-order valence-corrected chi connectivity index (χ2v) is 7.64. The number of halogens is 4. The summed E-state index contributed by atoms with van der Waals surface area (Å²) in [5.74, 6) is -6.77. The summed E-state index contributed by atoms with van der Waals surface area (Å²) in [7, 11) is 1.56. The summed E-state index contributed by atoms with van der Waals surface area (Å²) < 4.78 is 57.3. The predicted octanol–water partition coefficient (Wildman–Crippen LogP) is 5.06. The number of aromatic nitrogens is 2. The molecular weight excluding hydrogens is 478 g/mol. The maximum atomic E-state index is 15.3. The van der Waals surface area contributed by atoms with Gasteiger partial charge in [0.25, 0.3) is 5.91 Å². The molecule has 0 aliphatic rings. The maximum absolute atomic E-state index is 15.3. The number of carbonyl (C=O) groups excluding carboxylic acids is 2. The molecule has 7 nitrogen and oxygen atoms in total. The van der Waals surface area contributed by atoms with Gasteiger partial charge in [0.15, 0.2) is 5.82 Å². The van der Waals surface area contributed by atoms with Gasteiger partial charge in [0.05, 0.1) is 16.8 Å². The van der Waals surface area contributed by atoms with Gasteiger partial charge >= 0.3 is 0 Å². The van der Waals surface area contributed by atoms with Crippen LogP contribution in [0.4, 0.5) is 23.2 Å². The van der Waals surface area contributed by atoms with Gasteiger partial charge in [-0.05, 0) is 36.4 Å². The first-order valence-corrected chi connectivity index (χ1v) is 10.5. The van der Waals surface area contributed by atoms with Crippen molar-refractivity contribution >= 4 is 40.3 Å². The summed E-state index contributed by atoms with van der Waals surface area (Å²) in [6.45, 7) is 0. The van der Waals surface area contributed by atoms with Crippen molar-refractivity contribution in [3.05, 3.63) is 94.3 Å². The molecule has 2 aromatic heterocycles. The van der Waals surface area contributed by atoms with Crippen molar-refractivity contribution in [2.45, 2.75) is 6.42 Å². The Balaban J connectivity index is 1.71. The minimum Gasteiger partial charge on any atom is -0.345 e. The molecule has 4 rings (SSSR count). The molecule has 36 heavy (non-hydrogen) atoms. The minimum absolute atomic E-state index is 0.117. The van der Waals surface area contributed by atoms with E-state index >= 15 is 4.39 Å². The van der Waals surface area contributed by atoms with E-state index in [1.54, 1.807) is 7.05 Å². The van der Waals surface area contributed by atoms with E-state index in [2.05, 4.69) is 15.0 Å². The lowest BCUT2D eigenvalue weighted by molar-refractivity contribution is 0.101. The molecule has 0 aliphatic carbocycles. The molecule has 11 heteroatoms. The number of rotatable bonds is 7. The number of benzene rings is 2. The Morgan fingerprint density at radius 2 is 1.83 bits per heavy atom. The van der Waals surface area contributed by atoms with Crippen molar-refractivity contribution in [2.24, 2.45) is 4.99 Å². The summed E-state index contributed by atoms with van der Waals surface area (Å²) in [5.41, 5.74) is -1.58. The smallest absolute Gasteiger partial charge is 0.258 e. The van der Waals surface area contributed by atoms with E-state index in [1.165, 1.54) is 24.7 Å². The standard InChI is InChI=1S/C25H17F4N5O2/c1-31-7-6-19(30)12-8-14-16(11-33-24(14)32-10-12)23(35)21-18(28)4-5-20(22(21)29)34-25(36)15-9-13(26)2-3-17(15)27/h2-5,7-11,30H,6H2,1H3,(H,32,33)(H,34,36). The lowest BCUT2D eigenvalue weighted by atomic mass is 10.00. The molecule has 2 aromatic carbocycles. The quantitative estimate of drug-likeness (QED) is 0.189. The van der Waals surface area contributed by atoms with E-state index < -0.39 is 51.8 Å². The summed E-state index contributed by atoms with van der Waals surface area (Å²) in [6.07, 6.45) is 4.39. The molecule has 2 heterocycles. The zero-order valence-electron chi connectivity index (χ0n) is 18.6. The zero-order chi connectivity index (χ0) is 26.0. The van der Waals surface area contributed by atoms with Crippen molar-refractivity contribution in [1.29, 1.82) is 5.41 Å². The molecule has 0 saturated carbocycles. The molecular formula is C25H17F4N5O2. The number of anilines is 1. The van der Waals surface area contributed by atoms with Gasteiger partial charge in [0, 0.05) is 54.3 Å². The van der Waals surface area contributed by atoms with Crippen LogP contribution in [0.3, 0.4) is 0 Å². The second-order valence-electron chi connectivity index (χ2n) is 7.64. The maximum Gasteiger partial charge on any atom is 0.258 e. The predicted molar refractivity (Wildman–Crippen MR) is 126 cm³/mol. The monoisotopic (exact) mass is 495 g/mol. The van der Waals surface area contributed by atoms with Crippen molar-refractivity contribution in [1.82, 2.24) is 9.97 Å². The molecule has 1 amide bonds. The largest absolute Gasteiger partial charge is 0.345 e. The Labute approximate surface area is 201 Å². The van der Waals surface area contributed by atoms with Crippen molar-refractivity contribution in [3.63, 3.8) is 0 Å². The molecule has 0 saturated heterocycles. The third-order valence-electron chi connectivity index (χ3n) is 5.34. The highest BCUT2D eigenvalue weighted by atomic mass is 19.1. The lowest BCUT2D eigenvalue weighted by Gasteiger charge is -2.11. The number of amides is 1. The SMILES string of the molecule is CN=CCC(=N)c1cnc2[nH]cc(C(=O)c3c(F)ccc(NC(=O)c4cc(F)ccc4F)c3F)c2c1. The van der Waals surface area contributed by atoms with E-state index in [-0.39, 0.29) is 28.7 Å². The lowest BCUT2D eigenvalue weighted by Crippen LogP contribution is -2.17. The zero-order valence-corrected chi connectivity index (χ0v) is 18.6. The number of carbonyl (C=O) groups is 2. The van der Waals surface area contributed by atoms with E-state index in [0.717, 1.165) is 24.3 Å². The molecule has 0 fully saturated rings. The first kappa shape index (κ1) is 24.5.